The standard InChI is InChI=1S/C18H23NO4/c1-18(2,3)23-17(22)19-10-11(20)8-14-12-6-4-5-7-13(12)16(21)9-15(14)19/h4-6,9,11,13,20-21H,7-8,10H2,1-3H3/t11-,13?/m0/s1. The van der Waals surface area contributed by atoms with Gasteiger partial charge in [0.2, 0.25) is 0 Å². The quantitative estimate of drug-likeness (QED) is 0.720. The van der Waals surface area contributed by atoms with E-state index in [0.717, 1.165) is 17.6 Å². The third-order valence-electron chi connectivity index (χ3n) is 4.20. The average molecular weight is 317 g/mol. The van der Waals surface area contributed by atoms with Gasteiger partial charge in [-0.1, -0.05) is 18.2 Å². The fourth-order valence-corrected chi connectivity index (χ4v) is 3.26. The number of nitrogens with zero attached hydrogens (tertiary/aromatic N) is 1. The molecule has 0 saturated heterocycles. The van der Waals surface area contributed by atoms with E-state index in [9.17, 15) is 15.0 Å². The van der Waals surface area contributed by atoms with Crippen molar-refractivity contribution in [3.63, 3.8) is 0 Å². The van der Waals surface area contributed by atoms with Crippen molar-refractivity contribution in [1.82, 2.24) is 4.90 Å². The van der Waals surface area contributed by atoms with E-state index in [4.69, 9.17) is 4.74 Å². The molecular formula is C18H23NO4. The molecule has 124 valence electrons. The number of ether oxygens (including phenoxy) is 1. The predicted octanol–water partition coefficient (Wildman–Crippen LogP) is 3.20. The lowest BCUT2D eigenvalue weighted by molar-refractivity contribution is 0.0198. The van der Waals surface area contributed by atoms with Crippen LogP contribution in [-0.2, 0) is 4.74 Å². The van der Waals surface area contributed by atoms with Gasteiger partial charge in [0, 0.05) is 18.4 Å². The molecule has 0 aromatic rings. The molecule has 0 radical (unpaired) electrons. The second kappa shape index (κ2) is 5.57. The molecule has 3 aliphatic rings. The first-order valence-electron chi connectivity index (χ1n) is 7.95. The summed E-state index contributed by atoms with van der Waals surface area (Å²) < 4.78 is 5.44. The molecule has 5 nitrogen and oxygen atoms in total. The lowest BCUT2D eigenvalue weighted by Gasteiger charge is -2.39. The summed E-state index contributed by atoms with van der Waals surface area (Å²) in [6.45, 7) is 5.59. The van der Waals surface area contributed by atoms with Crippen LogP contribution < -0.4 is 0 Å². The number of β-amino-alcohol motifs (C(OH)–C–C–N with tert-alkyl or cyclic N) is 1. The third-order valence-corrected chi connectivity index (χ3v) is 4.20. The first-order valence-corrected chi connectivity index (χ1v) is 7.95. The highest BCUT2D eigenvalue weighted by Gasteiger charge is 2.38. The monoisotopic (exact) mass is 317 g/mol. The van der Waals surface area contributed by atoms with Crippen molar-refractivity contribution in [1.29, 1.82) is 0 Å². The Hall–Kier alpha value is -2.01. The van der Waals surface area contributed by atoms with Crippen LogP contribution in [0.25, 0.3) is 0 Å². The third kappa shape index (κ3) is 3.06. The molecule has 1 amide bonds. The number of amides is 1. The molecule has 0 aromatic carbocycles. The Balaban J connectivity index is 2.01. The maximum atomic E-state index is 12.5. The second-order valence-corrected chi connectivity index (χ2v) is 7.22. The summed E-state index contributed by atoms with van der Waals surface area (Å²) in [5.74, 6) is 0.175. The highest BCUT2D eigenvalue weighted by Crippen LogP contribution is 2.42. The van der Waals surface area contributed by atoms with Crippen molar-refractivity contribution in [3.8, 4) is 0 Å². The highest BCUT2D eigenvalue weighted by molar-refractivity contribution is 5.73. The molecule has 0 saturated carbocycles. The number of fused-ring (bicyclic) bond motifs is 2. The van der Waals surface area contributed by atoms with Crippen LogP contribution in [0.1, 0.15) is 33.6 Å². The second-order valence-electron chi connectivity index (χ2n) is 7.22. The van der Waals surface area contributed by atoms with Gasteiger partial charge in [-0.15, -0.1) is 0 Å². The summed E-state index contributed by atoms with van der Waals surface area (Å²) in [4.78, 5) is 13.9. The van der Waals surface area contributed by atoms with Crippen LogP contribution >= 0.6 is 0 Å². The van der Waals surface area contributed by atoms with Gasteiger partial charge < -0.3 is 14.9 Å². The van der Waals surface area contributed by atoms with Gasteiger partial charge in [-0.2, -0.15) is 0 Å². The maximum absolute atomic E-state index is 12.5. The highest BCUT2D eigenvalue weighted by atomic mass is 16.6. The topological polar surface area (TPSA) is 70.0 Å². The van der Waals surface area contributed by atoms with E-state index in [-0.39, 0.29) is 18.2 Å². The van der Waals surface area contributed by atoms with Crippen molar-refractivity contribution < 1.29 is 19.7 Å². The number of rotatable bonds is 0. The van der Waals surface area contributed by atoms with Crippen LogP contribution in [0.4, 0.5) is 4.79 Å². The minimum absolute atomic E-state index is 0.0791. The summed E-state index contributed by atoms with van der Waals surface area (Å²) in [7, 11) is 0. The minimum Gasteiger partial charge on any atom is -0.512 e. The Labute approximate surface area is 136 Å². The summed E-state index contributed by atoms with van der Waals surface area (Å²) in [5.41, 5.74) is 1.92. The first kappa shape index (κ1) is 15.9. The lowest BCUT2D eigenvalue weighted by Crippen LogP contribution is -2.44. The summed E-state index contributed by atoms with van der Waals surface area (Å²) in [6, 6.07) is 0. The van der Waals surface area contributed by atoms with Crippen LogP contribution in [0.5, 0.6) is 0 Å². The van der Waals surface area contributed by atoms with E-state index in [1.807, 2.05) is 18.2 Å². The van der Waals surface area contributed by atoms with Gasteiger partial charge >= 0.3 is 6.09 Å². The smallest absolute Gasteiger partial charge is 0.414 e. The zero-order chi connectivity index (χ0) is 16.8. The Kier molecular flexibility index (Phi) is 3.84. The molecule has 5 heteroatoms. The molecule has 2 aliphatic carbocycles. The molecule has 23 heavy (non-hydrogen) atoms. The van der Waals surface area contributed by atoms with Crippen molar-refractivity contribution in [2.75, 3.05) is 6.54 Å². The van der Waals surface area contributed by atoms with Crippen molar-refractivity contribution in [2.24, 2.45) is 5.92 Å². The summed E-state index contributed by atoms with van der Waals surface area (Å²) in [6.07, 6.45) is 7.63. The van der Waals surface area contributed by atoms with E-state index >= 15 is 0 Å². The molecule has 0 bridgehead atoms. The van der Waals surface area contributed by atoms with Crippen LogP contribution in [0, 0.1) is 5.92 Å². The Morgan fingerprint density at radius 3 is 2.83 bits per heavy atom. The molecule has 0 aromatic heterocycles. The Morgan fingerprint density at radius 1 is 1.39 bits per heavy atom. The summed E-state index contributed by atoms with van der Waals surface area (Å²) in [5, 5.41) is 20.6. The van der Waals surface area contributed by atoms with E-state index in [2.05, 4.69) is 0 Å². The molecule has 2 atom stereocenters. The van der Waals surface area contributed by atoms with Gasteiger partial charge in [-0.05, 0) is 38.3 Å². The predicted molar refractivity (Wildman–Crippen MR) is 86.6 cm³/mol. The minimum atomic E-state index is -0.637. The van der Waals surface area contributed by atoms with Crippen molar-refractivity contribution in [3.05, 3.63) is 46.9 Å². The van der Waals surface area contributed by atoms with Crippen molar-refractivity contribution >= 4 is 6.09 Å². The number of hydrogen-bond acceptors (Lipinski definition) is 4. The van der Waals surface area contributed by atoms with E-state index in [0.29, 0.717) is 12.1 Å². The molecule has 3 rings (SSSR count). The molecule has 1 heterocycles. The van der Waals surface area contributed by atoms with Gasteiger partial charge in [0.05, 0.1) is 18.3 Å². The number of carbonyl (C=O) groups excluding carboxylic acids is 1. The van der Waals surface area contributed by atoms with E-state index < -0.39 is 17.8 Å². The van der Waals surface area contributed by atoms with Crippen LogP contribution in [0.2, 0.25) is 0 Å². The molecule has 1 aliphatic heterocycles. The number of aliphatic hydroxyl groups excluding tert-OH is 2. The molecule has 0 fully saturated rings. The van der Waals surface area contributed by atoms with Crippen molar-refractivity contribution in [2.45, 2.75) is 45.3 Å². The molecule has 2 N–H and O–H groups in total. The van der Waals surface area contributed by atoms with Crippen LogP contribution in [-0.4, -0.2) is 39.5 Å². The summed E-state index contributed by atoms with van der Waals surface area (Å²) >= 11 is 0. The average Bonchev–Trinajstić information content (AvgIpc) is 2.46. The number of aliphatic hydroxyl groups is 2. The van der Waals surface area contributed by atoms with Gasteiger partial charge in [-0.3, -0.25) is 4.90 Å². The van der Waals surface area contributed by atoms with Gasteiger partial charge in [0.25, 0.3) is 0 Å². The number of hydrogen-bond donors (Lipinski definition) is 2. The van der Waals surface area contributed by atoms with Crippen LogP contribution in [0.15, 0.2) is 46.9 Å². The normalized spacial score (nSPS) is 27.0. The maximum Gasteiger partial charge on any atom is 0.414 e. The molecule has 0 spiro atoms. The fraction of sp³-hybridized carbons (Fsp3) is 0.500. The zero-order valence-electron chi connectivity index (χ0n) is 13.7. The molecule has 1 unspecified atom stereocenters. The van der Waals surface area contributed by atoms with Gasteiger partial charge in [0.15, 0.2) is 0 Å². The number of allylic oxidation sites excluding steroid dienone is 5. The van der Waals surface area contributed by atoms with Gasteiger partial charge in [0.1, 0.15) is 11.4 Å². The Morgan fingerprint density at radius 2 is 2.13 bits per heavy atom. The molecular weight excluding hydrogens is 294 g/mol. The van der Waals surface area contributed by atoms with Crippen LogP contribution in [0.3, 0.4) is 0 Å². The van der Waals surface area contributed by atoms with E-state index in [1.165, 1.54) is 4.90 Å². The number of carbonyl (C=O) groups is 1. The van der Waals surface area contributed by atoms with Gasteiger partial charge in [-0.25, -0.2) is 4.79 Å². The Bertz CT molecular complexity index is 648. The largest absolute Gasteiger partial charge is 0.512 e. The zero-order valence-corrected chi connectivity index (χ0v) is 13.7. The lowest BCUT2D eigenvalue weighted by atomic mass is 9.77. The fourth-order valence-electron chi connectivity index (χ4n) is 3.26. The SMILES string of the molecule is CC(C)(C)OC(=O)N1C[C@@H](O)CC2=C1C=C(O)C1CC=CC=C21. The first-order chi connectivity index (χ1) is 10.8. The van der Waals surface area contributed by atoms with E-state index in [1.54, 1.807) is 26.8 Å².